The number of aromatic nitrogens is 2. The minimum absolute atomic E-state index is 0.382. The molecule has 0 aromatic carbocycles. The molecule has 2 aromatic heterocycles. The maximum absolute atomic E-state index is 4.61. The van der Waals surface area contributed by atoms with E-state index in [1.54, 1.807) is 0 Å². The van der Waals surface area contributed by atoms with E-state index in [0.717, 1.165) is 33.4 Å². The number of halogens is 2. The molecule has 5 heteroatoms. The molecular weight excluding hydrogens is 334 g/mol. The van der Waals surface area contributed by atoms with Crippen LogP contribution >= 0.6 is 31.9 Å². The highest BCUT2D eigenvalue weighted by Crippen LogP contribution is 2.28. The summed E-state index contributed by atoms with van der Waals surface area (Å²) >= 11 is 7.01. The van der Waals surface area contributed by atoms with Crippen molar-refractivity contribution < 1.29 is 0 Å². The monoisotopic (exact) mass is 343 g/mol. The van der Waals surface area contributed by atoms with Crippen LogP contribution in [0.25, 0.3) is 5.52 Å². The third-order valence-corrected chi connectivity index (χ3v) is 4.01. The van der Waals surface area contributed by atoms with Gasteiger partial charge in [0.15, 0.2) is 0 Å². The third-order valence-electron chi connectivity index (χ3n) is 2.96. The van der Waals surface area contributed by atoms with Crippen molar-refractivity contribution in [1.29, 1.82) is 0 Å². The molecule has 0 saturated carbocycles. The summed E-state index contributed by atoms with van der Waals surface area (Å²) in [5.74, 6) is 1.10. The number of pyridine rings is 1. The van der Waals surface area contributed by atoms with Crippen LogP contribution in [0.5, 0.6) is 0 Å². The van der Waals surface area contributed by atoms with E-state index in [1.807, 2.05) is 6.07 Å². The van der Waals surface area contributed by atoms with Gasteiger partial charge in [-0.2, -0.15) is 0 Å². The average molecular weight is 345 g/mol. The van der Waals surface area contributed by atoms with E-state index in [1.165, 1.54) is 6.42 Å². The third kappa shape index (κ3) is 1.71. The number of imidazole rings is 1. The van der Waals surface area contributed by atoms with Crippen LogP contribution in [0.1, 0.15) is 24.7 Å². The second-order valence-electron chi connectivity index (χ2n) is 4.01. The molecule has 16 heavy (non-hydrogen) atoms. The van der Waals surface area contributed by atoms with E-state index in [-0.39, 0.29) is 0 Å². The summed E-state index contributed by atoms with van der Waals surface area (Å²) in [4.78, 5) is 4.61. The number of hydrogen-bond acceptors (Lipinski definition) is 2. The van der Waals surface area contributed by atoms with E-state index in [2.05, 4.69) is 58.8 Å². The fraction of sp³-hybridized carbons (Fsp3) is 0.364. The Morgan fingerprint density at radius 2 is 2.25 bits per heavy atom. The topological polar surface area (TPSA) is 29.3 Å². The molecule has 0 aliphatic carbocycles. The lowest BCUT2D eigenvalue weighted by Crippen LogP contribution is -2.15. The van der Waals surface area contributed by atoms with Gasteiger partial charge >= 0.3 is 0 Å². The number of rotatable bonds is 1. The second-order valence-corrected chi connectivity index (χ2v) is 5.68. The van der Waals surface area contributed by atoms with E-state index in [9.17, 15) is 0 Å². The minimum Gasteiger partial charge on any atom is -0.307 e. The summed E-state index contributed by atoms with van der Waals surface area (Å²) in [5.41, 5.74) is 1.12. The van der Waals surface area contributed by atoms with Crippen molar-refractivity contribution in [1.82, 2.24) is 14.7 Å². The van der Waals surface area contributed by atoms with Crippen LogP contribution in [0.15, 0.2) is 27.4 Å². The molecule has 1 aliphatic rings. The first-order valence-electron chi connectivity index (χ1n) is 5.32. The first-order valence-corrected chi connectivity index (χ1v) is 6.91. The Kier molecular flexibility index (Phi) is 2.77. The highest BCUT2D eigenvalue weighted by Gasteiger charge is 2.22. The van der Waals surface area contributed by atoms with Crippen LogP contribution in [0.4, 0.5) is 0 Å². The zero-order valence-electron chi connectivity index (χ0n) is 8.58. The molecule has 1 fully saturated rings. The molecule has 1 atom stereocenters. The van der Waals surface area contributed by atoms with E-state index < -0.39 is 0 Å². The molecule has 0 bridgehead atoms. The zero-order chi connectivity index (χ0) is 11.1. The molecule has 1 unspecified atom stereocenters. The fourth-order valence-electron chi connectivity index (χ4n) is 2.19. The van der Waals surface area contributed by atoms with E-state index >= 15 is 0 Å². The lowest BCUT2D eigenvalue weighted by molar-refractivity contribution is 0.602. The Balaban J connectivity index is 2.19. The molecule has 84 valence electrons. The highest BCUT2D eigenvalue weighted by atomic mass is 79.9. The SMILES string of the molecule is Brc1ccc2c(Br)nc(C3CCCN3)n2c1. The van der Waals surface area contributed by atoms with Gasteiger partial charge in [-0.25, -0.2) is 4.98 Å². The number of nitrogens with one attached hydrogen (secondary N) is 1. The molecule has 1 saturated heterocycles. The summed E-state index contributed by atoms with van der Waals surface area (Å²) < 4.78 is 4.14. The first-order chi connectivity index (χ1) is 7.75. The van der Waals surface area contributed by atoms with Gasteiger partial charge in [-0.3, -0.25) is 0 Å². The Hall–Kier alpha value is -0.390. The maximum Gasteiger partial charge on any atom is 0.132 e. The molecule has 2 aromatic rings. The molecule has 0 radical (unpaired) electrons. The first kappa shape index (κ1) is 10.7. The van der Waals surface area contributed by atoms with Gasteiger partial charge in [-0.05, 0) is 63.4 Å². The van der Waals surface area contributed by atoms with Crippen LogP contribution in [0.2, 0.25) is 0 Å². The second kappa shape index (κ2) is 4.13. The van der Waals surface area contributed by atoms with Gasteiger partial charge in [0.05, 0.1) is 11.6 Å². The van der Waals surface area contributed by atoms with Crippen LogP contribution in [-0.2, 0) is 0 Å². The van der Waals surface area contributed by atoms with Crippen LogP contribution in [-0.4, -0.2) is 15.9 Å². The van der Waals surface area contributed by atoms with Crippen LogP contribution in [0, 0.1) is 0 Å². The predicted molar refractivity (Wildman–Crippen MR) is 70.6 cm³/mol. The zero-order valence-corrected chi connectivity index (χ0v) is 11.8. The number of fused-ring (bicyclic) bond motifs is 1. The Labute approximate surface area is 111 Å². The largest absolute Gasteiger partial charge is 0.307 e. The minimum atomic E-state index is 0.382. The Morgan fingerprint density at radius 1 is 1.38 bits per heavy atom. The van der Waals surface area contributed by atoms with Crippen molar-refractivity contribution in [3.63, 3.8) is 0 Å². The Morgan fingerprint density at radius 3 is 3.00 bits per heavy atom. The van der Waals surface area contributed by atoms with Gasteiger partial charge < -0.3 is 9.72 Å². The summed E-state index contributed by atoms with van der Waals surface area (Å²) in [7, 11) is 0. The number of hydrogen-bond donors (Lipinski definition) is 1. The van der Waals surface area contributed by atoms with Gasteiger partial charge in [-0.1, -0.05) is 0 Å². The quantitative estimate of drug-likeness (QED) is 0.860. The summed E-state index contributed by atoms with van der Waals surface area (Å²) in [6, 6.07) is 4.49. The van der Waals surface area contributed by atoms with E-state index in [0.29, 0.717) is 6.04 Å². The van der Waals surface area contributed by atoms with Gasteiger partial charge in [-0.15, -0.1) is 0 Å². The van der Waals surface area contributed by atoms with Crippen molar-refractivity contribution in [3.8, 4) is 0 Å². The molecule has 0 spiro atoms. The molecule has 0 amide bonds. The molecule has 1 aliphatic heterocycles. The highest BCUT2D eigenvalue weighted by molar-refractivity contribution is 9.10. The van der Waals surface area contributed by atoms with Crippen LogP contribution in [0.3, 0.4) is 0 Å². The van der Waals surface area contributed by atoms with Gasteiger partial charge in [0.1, 0.15) is 10.4 Å². The number of nitrogens with zero attached hydrogens (tertiary/aromatic N) is 2. The normalized spacial score (nSPS) is 20.8. The summed E-state index contributed by atoms with van der Waals surface area (Å²) in [6.07, 6.45) is 4.46. The van der Waals surface area contributed by atoms with Gasteiger partial charge in [0.25, 0.3) is 0 Å². The smallest absolute Gasteiger partial charge is 0.132 e. The molecule has 3 rings (SSSR count). The predicted octanol–water partition coefficient (Wildman–Crippen LogP) is 3.28. The Bertz CT molecular complexity index is 529. The van der Waals surface area contributed by atoms with Gasteiger partial charge in [0, 0.05) is 10.7 Å². The molecule has 1 N–H and O–H groups in total. The summed E-state index contributed by atoms with van der Waals surface area (Å²) in [5, 5.41) is 3.48. The molecule has 3 nitrogen and oxygen atoms in total. The van der Waals surface area contributed by atoms with Crippen LogP contribution < -0.4 is 5.32 Å². The maximum atomic E-state index is 4.61. The molecular formula is C11H11Br2N3. The van der Waals surface area contributed by atoms with Crippen molar-refractivity contribution in [2.24, 2.45) is 0 Å². The lowest BCUT2D eigenvalue weighted by Gasteiger charge is -2.08. The summed E-state index contributed by atoms with van der Waals surface area (Å²) in [6.45, 7) is 1.09. The van der Waals surface area contributed by atoms with Crippen molar-refractivity contribution in [2.45, 2.75) is 18.9 Å². The fourth-order valence-corrected chi connectivity index (χ4v) is 3.04. The van der Waals surface area contributed by atoms with Crippen molar-refractivity contribution >= 4 is 37.4 Å². The standard InChI is InChI=1S/C11H11Br2N3/c12-7-3-4-9-10(13)15-11(16(9)6-7)8-2-1-5-14-8/h3-4,6,8,14H,1-2,5H2. The lowest BCUT2D eigenvalue weighted by atomic mass is 10.2. The van der Waals surface area contributed by atoms with Crippen molar-refractivity contribution in [2.75, 3.05) is 6.54 Å². The van der Waals surface area contributed by atoms with Gasteiger partial charge in [0.2, 0.25) is 0 Å². The molecule has 3 heterocycles. The van der Waals surface area contributed by atoms with E-state index in [4.69, 9.17) is 0 Å². The average Bonchev–Trinajstić information content (AvgIpc) is 2.86. The van der Waals surface area contributed by atoms with Crippen molar-refractivity contribution in [3.05, 3.63) is 33.2 Å².